The van der Waals surface area contributed by atoms with Crippen LogP contribution in [0.15, 0.2) is 24.3 Å². The van der Waals surface area contributed by atoms with Crippen molar-refractivity contribution >= 4 is 0 Å². The van der Waals surface area contributed by atoms with Crippen LogP contribution in [0.3, 0.4) is 0 Å². The average molecular weight is 213 g/mol. The summed E-state index contributed by atoms with van der Waals surface area (Å²) in [6.45, 7) is 0.861. The monoisotopic (exact) mass is 213 g/mol. The first kappa shape index (κ1) is 12.1. The summed E-state index contributed by atoms with van der Waals surface area (Å²) in [6.07, 6.45) is -0.554. The van der Waals surface area contributed by atoms with Crippen molar-refractivity contribution < 1.29 is 14.2 Å². The third kappa shape index (κ3) is 4.38. The van der Waals surface area contributed by atoms with E-state index in [1.54, 1.807) is 25.2 Å². The maximum Gasteiger partial charge on any atom is 0.128 e. The molecule has 0 aliphatic rings. The second-order valence-electron chi connectivity index (χ2n) is 3.32. The molecule has 0 heterocycles. The first-order valence-electron chi connectivity index (χ1n) is 4.88. The van der Waals surface area contributed by atoms with Crippen LogP contribution in [0.2, 0.25) is 0 Å². The molecule has 0 aromatic heterocycles. The Morgan fingerprint density at radius 2 is 2.20 bits per heavy atom. The summed E-state index contributed by atoms with van der Waals surface area (Å²) in [6, 6.07) is 6.45. The van der Waals surface area contributed by atoms with Gasteiger partial charge in [-0.3, -0.25) is 0 Å². The fourth-order valence-corrected chi connectivity index (χ4v) is 1.21. The second kappa shape index (κ2) is 6.50. The van der Waals surface area contributed by atoms with Crippen molar-refractivity contribution in [2.75, 3.05) is 20.2 Å². The Kier molecular flexibility index (Phi) is 5.25. The average Bonchev–Trinajstić information content (AvgIpc) is 2.21. The van der Waals surface area contributed by atoms with Gasteiger partial charge in [-0.05, 0) is 13.1 Å². The Bertz CT molecular complexity index is 294. The van der Waals surface area contributed by atoms with Gasteiger partial charge in [0.05, 0.1) is 19.3 Å². The number of hydrogen-bond acceptors (Lipinski definition) is 3. The van der Waals surface area contributed by atoms with E-state index < -0.39 is 6.10 Å². The molecule has 0 fully saturated rings. The third-order valence-electron chi connectivity index (χ3n) is 1.97. The third-order valence-corrected chi connectivity index (χ3v) is 1.97. The van der Waals surface area contributed by atoms with E-state index in [9.17, 15) is 9.50 Å². The summed E-state index contributed by atoms with van der Waals surface area (Å²) in [7, 11) is 1.75. The molecule has 0 amide bonds. The van der Waals surface area contributed by atoms with Gasteiger partial charge in [0, 0.05) is 12.1 Å². The van der Waals surface area contributed by atoms with Crippen LogP contribution in [-0.4, -0.2) is 31.4 Å². The van der Waals surface area contributed by atoms with Gasteiger partial charge in [0.15, 0.2) is 0 Å². The van der Waals surface area contributed by atoms with Crippen molar-refractivity contribution in [2.45, 2.75) is 12.7 Å². The van der Waals surface area contributed by atoms with Crippen molar-refractivity contribution in [3.8, 4) is 0 Å². The Morgan fingerprint density at radius 1 is 1.47 bits per heavy atom. The van der Waals surface area contributed by atoms with E-state index in [4.69, 9.17) is 4.74 Å². The standard InChI is InChI=1S/C11H16FNO2/c1-13-6-10(14)8-15-7-9-4-2-3-5-11(9)12/h2-5,10,13-14H,6-8H2,1H3. The minimum atomic E-state index is -0.554. The van der Waals surface area contributed by atoms with Gasteiger partial charge >= 0.3 is 0 Å². The highest BCUT2D eigenvalue weighted by Crippen LogP contribution is 2.07. The van der Waals surface area contributed by atoms with E-state index in [0.717, 1.165) is 0 Å². The second-order valence-corrected chi connectivity index (χ2v) is 3.32. The maximum absolute atomic E-state index is 13.1. The smallest absolute Gasteiger partial charge is 0.128 e. The molecule has 0 aliphatic heterocycles. The SMILES string of the molecule is CNCC(O)COCc1ccccc1F. The van der Waals surface area contributed by atoms with E-state index >= 15 is 0 Å². The van der Waals surface area contributed by atoms with Gasteiger partial charge < -0.3 is 15.2 Å². The number of aliphatic hydroxyl groups is 1. The van der Waals surface area contributed by atoms with Gasteiger partial charge in [0.2, 0.25) is 0 Å². The number of ether oxygens (including phenoxy) is 1. The Balaban J connectivity index is 2.29. The van der Waals surface area contributed by atoms with Gasteiger partial charge in [0.25, 0.3) is 0 Å². The number of likely N-dealkylation sites (N-methyl/N-ethyl adjacent to an activating group) is 1. The van der Waals surface area contributed by atoms with Crippen molar-refractivity contribution in [3.05, 3.63) is 35.6 Å². The van der Waals surface area contributed by atoms with Crippen LogP contribution in [0.25, 0.3) is 0 Å². The number of halogens is 1. The quantitative estimate of drug-likeness (QED) is 0.738. The minimum absolute atomic E-state index is 0.188. The Morgan fingerprint density at radius 3 is 2.87 bits per heavy atom. The summed E-state index contributed by atoms with van der Waals surface area (Å²) in [5, 5.41) is 12.1. The molecule has 0 saturated carbocycles. The molecule has 1 aromatic carbocycles. The molecular formula is C11H16FNO2. The van der Waals surface area contributed by atoms with E-state index in [2.05, 4.69) is 5.32 Å². The fourth-order valence-electron chi connectivity index (χ4n) is 1.21. The molecule has 1 unspecified atom stereocenters. The largest absolute Gasteiger partial charge is 0.389 e. The highest BCUT2D eigenvalue weighted by Gasteiger charge is 2.04. The minimum Gasteiger partial charge on any atom is -0.389 e. The van der Waals surface area contributed by atoms with Crippen LogP contribution in [0, 0.1) is 5.82 Å². The normalized spacial score (nSPS) is 12.7. The number of benzene rings is 1. The van der Waals surface area contributed by atoms with Crippen LogP contribution in [0.4, 0.5) is 4.39 Å². The molecule has 1 aromatic rings. The van der Waals surface area contributed by atoms with Gasteiger partial charge in [0.1, 0.15) is 5.82 Å². The van der Waals surface area contributed by atoms with Crippen molar-refractivity contribution in [1.29, 1.82) is 0 Å². The van der Waals surface area contributed by atoms with Gasteiger partial charge in [-0.2, -0.15) is 0 Å². The first-order valence-corrected chi connectivity index (χ1v) is 4.88. The number of rotatable bonds is 6. The fraction of sp³-hybridized carbons (Fsp3) is 0.455. The predicted octanol–water partition coefficient (Wildman–Crippen LogP) is 0.923. The lowest BCUT2D eigenvalue weighted by molar-refractivity contribution is 0.0287. The maximum atomic E-state index is 13.1. The summed E-state index contributed by atoms with van der Waals surface area (Å²) >= 11 is 0. The molecular weight excluding hydrogens is 197 g/mol. The van der Waals surface area contributed by atoms with E-state index in [1.165, 1.54) is 6.07 Å². The van der Waals surface area contributed by atoms with Gasteiger partial charge in [-0.1, -0.05) is 18.2 Å². The zero-order chi connectivity index (χ0) is 11.1. The summed E-state index contributed by atoms with van der Waals surface area (Å²) in [5.41, 5.74) is 0.508. The highest BCUT2D eigenvalue weighted by atomic mass is 19.1. The molecule has 1 atom stereocenters. The zero-order valence-corrected chi connectivity index (χ0v) is 8.74. The van der Waals surface area contributed by atoms with Crippen LogP contribution >= 0.6 is 0 Å². The Labute approximate surface area is 88.9 Å². The van der Waals surface area contributed by atoms with Gasteiger partial charge in [-0.25, -0.2) is 4.39 Å². The number of hydrogen-bond donors (Lipinski definition) is 2. The van der Waals surface area contributed by atoms with E-state index in [1.807, 2.05) is 0 Å². The zero-order valence-electron chi connectivity index (χ0n) is 8.74. The highest BCUT2D eigenvalue weighted by molar-refractivity contribution is 5.16. The lowest BCUT2D eigenvalue weighted by atomic mass is 10.2. The van der Waals surface area contributed by atoms with Crippen molar-refractivity contribution in [2.24, 2.45) is 0 Å². The molecule has 84 valence electrons. The lowest BCUT2D eigenvalue weighted by Gasteiger charge is -2.10. The molecule has 0 radical (unpaired) electrons. The van der Waals surface area contributed by atoms with Crippen LogP contribution < -0.4 is 5.32 Å². The number of nitrogens with one attached hydrogen (secondary N) is 1. The molecule has 0 saturated heterocycles. The summed E-state index contributed by atoms with van der Waals surface area (Å²) < 4.78 is 18.3. The van der Waals surface area contributed by atoms with E-state index in [0.29, 0.717) is 12.1 Å². The molecule has 2 N–H and O–H groups in total. The van der Waals surface area contributed by atoms with Crippen LogP contribution in [0.5, 0.6) is 0 Å². The number of aliphatic hydroxyl groups excluding tert-OH is 1. The van der Waals surface area contributed by atoms with E-state index in [-0.39, 0.29) is 19.0 Å². The van der Waals surface area contributed by atoms with Crippen LogP contribution in [-0.2, 0) is 11.3 Å². The summed E-state index contributed by atoms with van der Waals surface area (Å²) in [5.74, 6) is -0.277. The van der Waals surface area contributed by atoms with Crippen molar-refractivity contribution in [1.82, 2.24) is 5.32 Å². The first-order chi connectivity index (χ1) is 7.24. The lowest BCUT2D eigenvalue weighted by Crippen LogP contribution is -2.27. The molecule has 15 heavy (non-hydrogen) atoms. The summed E-state index contributed by atoms with van der Waals surface area (Å²) in [4.78, 5) is 0. The Hall–Kier alpha value is -0.970. The van der Waals surface area contributed by atoms with Crippen molar-refractivity contribution in [3.63, 3.8) is 0 Å². The molecule has 4 heteroatoms. The predicted molar refractivity (Wildman–Crippen MR) is 56.0 cm³/mol. The molecule has 1 rings (SSSR count). The molecule has 0 spiro atoms. The molecule has 0 bridgehead atoms. The molecule has 0 aliphatic carbocycles. The van der Waals surface area contributed by atoms with Gasteiger partial charge in [-0.15, -0.1) is 0 Å². The topological polar surface area (TPSA) is 41.5 Å². The van der Waals surface area contributed by atoms with Crippen LogP contribution in [0.1, 0.15) is 5.56 Å². The molecule has 3 nitrogen and oxygen atoms in total.